The lowest BCUT2D eigenvalue weighted by Gasteiger charge is -2.10. The summed E-state index contributed by atoms with van der Waals surface area (Å²) in [5.41, 5.74) is 8.00. The Hall–Kier alpha value is -1.72. The van der Waals surface area contributed by atoms with Crippen LogP contribution in [0.2, 0.25) is 0 Å². The van der Waals surface area contributed by atoms with Crippen molar-refractivity contribution < 1.29 is 4.74 Å². The molecule has 5 heteroatoms. The minimum absolute atomic E-state index is 0.0757. The van der Waals surface area contributed by atoms with Crippen LogP contribution in [-0.2, 0) is 17.9 Å². The highest BCUT2D eigenvalue weighted by Gasteiger charge is 2.08. The second kappa shape index (κ2) is 5.56. The molecule has 1 atom stereocenters. The molecule has 0 spiro atoms. The maximum Gasteiger partial charge on any atom is 0.108 e. The fourth-order valence-electron chi connectivity index (χ4n) is 1.65. The van der Waals surface area contributed by atoms with Crippen molar-refractivity contribution in [3.63, 3.8) is 0 Å². The number of benzene rings is 1. The zero-order chi connectivity index (χ0) is 12.1. The lowest BCUT2D eigenvalue weighted by molar-refractivity contribution is 0.181. The maximum atomic E-state index is 6.09. The van der Waals surface area contributed by atoms with Crippen LogP contribution in [0.4, 0.5) is 0 Å². The molecule has 1 heterocycles. The van der Waals surface area contributed by atoms with Gasteiger partial charge in [-0.05, 0) is 5.56 Å². The van der Waals surface area contributed by atoms with Gasteiger partial charge in [-0.25, -0.2) is 0 Å². The molecule has 1 aromatic heterocycles. The molecule has 0 amide bonds. The van der Waals surface area contributed by atoms with Crippen molar-refractivity contribution >= 4 is 0 Å². The van der Waals surface area contributed by atoms with Crippen molar-refractivity contribution in [2.75, 3.05) is 7.11 Å². The highest BCUT2D eigenvalue weighted by atomic mass is 16.5. The first-order chi connectivity index (χ1) is 8.29. The molecule has 0 bridgehead atoms. The first kappa shape index (κ1) is 11.8. The van der Waals surface area contributed by atoms with E-state index in [-0.39, 0.29) is 6.04 Å². The van der Waals surface area contributed by atoms with E-state index in [1.54, 1.807) is 11.8 Å². The van der Waals surface area contributed by atoms with Crippen molar-refractivity contribution in [1.29, 1.82) is 0 Å². The van der Waals surface area contributed by atoms with Crippen LogP contribution in [0.5, 0.6) is 0 Å². The van der Waals surface area contributed by atoms with Gasteiger partial charge in [0.2, 0.25) is 0 Å². The average molecular weight is 232 g/mol. The predicted molar refractivity (Wildman–Crippen MR) is 64.1 cm³/mol. The van der Waals surface area contributed by atoms with Crippen molar-refractivity contribution in [2.45, 2.75) is 19.2 Å². The van der Waals surface area contributed by atoms with Crippen LogP contribution in [0.3, 0.4) is 0 Å². The SMILES string of the molecule is COCc1cn(C[C@H](N)c2ccccc2)nn1. The van der Waals surface area contributed by atoms with Gasteiger partial charge < -0.3 is 10.5 Å². The van der Waals surface area contributed by atoms with E-state index in [9.17, 15) is 0 Å². The number of nitrogens with two attached hydrogens (primary N) is 1. The molecule has 2 N–H and O–H groups in total. The number of hydrogen-bond acceptors (Lipinski definition) is 4. The van der Waals surface area contributed by atoms with Gasteiger partial charge in [0.15, 0.2) is 0 Å². The molecule has 0 saturated heterocycles. The monoisotopic (exact) mass is 232 g/mol. The quantitative estimate of drug-likeness (QED) is 0.839. The number of nitrogens with zero attached hydrogens (tertiary/aromatic N) is 3. The van der Waals surface area contributed by atoms with E-state index in [1.807, 2.05) is 36.5 Å². The molecule has 2 rings (SSSR count). The smallest absolute Gasteiger partial charge is 0.108 e. The van der Waals surface area contributed by atoms with E-state index in [1.165, 1.54) is 0 Å². The Morgan fingerprint density at radius 1 is 1.35 bits per heavy atom. The second-order valence-electron chi connectivity index (χ2n) is 3.88. The molecule has 0 unspecified atom stereocenters. The third-order valence-electron chi connectivity index (χ3n) is 2.49. The van der Waals surface area contributed by atoms with Gasteiger partial charge in [-0.15, -0.1) is 5.10 Å². The number of aromatic nitrogens is 3. The van der Waals surface area contributed by atoms with Crippen molar-refractivity contribution in [3.8, 4) is 0 Å². The van der Waals surface area contributed by atoms with Crippen LogP contribution in [0.25, 0.3) is 0 Å². The van der Waals surface area contributed by atoms with Crippen LogP contribution < -0.4 is 5.73 Å². The fraction of sp³-hybridized carbons (Fsp3) is 0.333. The summed E-state index contributed by atoms with van der Waals surface area (Å²) in [6.07, 6.45) is 1.85. The van der Waals surface area contributed by atoms with Gasteiger partial charge in [0, 0.05) is 13.2 Å². The highest BCUT2D eigenvalue weighted by Crippen LogP contribution is 2.11. The molecule has 0 saturated carbocycles. The largest absolute Gasteiger partial charge is 0.378 e. The minimum atomic E-state index is -0.0757. The summed E-state index contributed by atoms with van der Waals surface area (Å²) in [7, 11) is 1.63. The zero-order valence-corrected chi connectivity index (χ0v) is 9.78. The molecular weight excluding hydrogens is 216 g/mol. The summed E-state index contributed by atoms with van der Waals surface area (Å²) in [4.78, 5) is 0. The van der Waals surface area contributed by atoms with E-state index >= 15 is 0 Å². The van der Waals surface area contributed by atoms with Gasteiger partial charge in [-0.2, -0.15) is 0 Å². The molecule has 0 radical (unpaired) electrons. The van der Waals surface area contributed by atoms with E-state index in [0.717, 1.165) is 11.3 Å². The van der Waals surface area contributed by atoms with E-state index < -0.39 is 0 Å². The Bertz CT molecular complexity index is 455. The summed E-state index contributed by atoms with van der Waals surface area (Å²) in [5.74, 6) is 0. The molecular formula is C12H16N4O. The first-order valence-corrected chi connectivity index (χ1v) is 5.48. The van der Waals surface area contributed by atoms with Gasteiger partial charge in [-0.1, -0.05) is 35.5 Å². The highest BCUT2D eigenvalue weighted by molar-refractivity contribution is 5.18. The molecule has 0 aliphatic heterocycles. The van der Waals surface area contributed by atoms with Gasteiger partial charge in [0.1, 0.15) is 5.69 Å². The average Bonchev–Trinajstić information content (AvgIpc) is 2.78. The summed E-state index contributed by atoms with van der Waals surface area (Å²) in [6.45, 7) is 1.08. The molecule has 2 aromatic rings. The van der Waals surface area contributed by atoms with Crippen LogP contribution >= 0.6 is 0 Å². The van der Waals surface area contributed by atoms with Crippen LogP contribution in [0.15, 0.2) is 36.5 Å². The normalized spacial score (nSPS) is 12.6. The Morgan fingerprint density at radius 2 is 2.12 bits per heavy atom. The third-order valence-corrected chi connectivity index (χ3v) is 2.49. The van der Waals surface area contributed by atoms with Crippen molar-refractivity contribution in [3.05, 3.63) is 47.8 Å². The topological polar surface area (TPSA) is 66.0 Å². The Morgan fingerprint density at radius 3 is 2.82 bits per heavy atom. The molecule has 17 heavy (non-hydrogen) atoms. The van der Waals surface area contributed by atoms with Crippen LogP contribution in [0.1, 0.15) is 17.3 Å². The van der Waals surface area contributed by atoms with Crippen molar-refractivity contribution in [1.82, 2.24) is 15.0 Å². The van der Waals surface area contributed by atoms with Gasteiger partial charge in [0.25, 0.3) is 0 Å². The van der Waals surface area contributed by atoms with E-state index in [0.29, 0.717) is 13.2 Å². The second-order valence-corrected chi connectivity index (χ2v) is 3.88. The summed E-state index contributed by atoms with van der Waals surface area (Å²) < 4.78 is 6.73. The predicted octanol–water partition coefficient (Wildman–Crippen LogP) is 1.12. The zero-order valence-electron chi connectivity index (χ0n) is 9.78. The number of methoxy groups -OCH3 is 1. The van der Waals surface area contributed by atoms with E-state index in [2.05, 4.69) is 10.3 Å². The molecule has 90 valence electrons. The van der Waals surface area contributed by atoms with Gasteiger partial charge >= 0.3 is 0 Å². The molecule has 0 aliphatic carbocycles. The standard InChI is InChI=1S/C12H16N4O/c1-17-9-11-7-16(15-14-11)8-12(13)10-5-3-2-4-6-10/h2-7,12H,8-9,13H2,1H3/t12-/m0/s1. The molecule has 0 aliphatic rings. The minimum Gasteiger partial charge on any atom is -0.378 e. The lowest BCUT2D eigenvalue weighted by atomic mass is 10.1. The Kier molecular flexibility index (Phi) is 3.85. The number of hydrogen-bond donors (Lipinski definition) is 1. The Labute approximate surface area is 100 Å². The summed E-state index contributed by atoms with van der Waals surface area (Å²) in [5, 5.41) is 7.99. The van der Waals surface area contributed by atoms with Crippen LogP contribution in [0, 0.1) is 0 Å². The summed E-state index contributed by atoms with van der Waals surface area (Å²) in [6, 6.07) is 9.88. The Balaban J connectivity index is 2.00. The molecule has 0 fully saturated rings. The fourth-order valence-corrected chi connectivity index (χ4v) is 1.65. The number of rotatable bonds is 5. The first-order valence-electron chi connectivity index (χ1n) is 5.48. The lowest BCUT2D eigenvalue weighted by Crippen LogP contribution is -2.17. The van der Waals surface area contributed by atoms with Crippen molar-refractivity contribution in [2.24, 2.45) is 5.73 Å². The van der Waals surface area contributed by atoms with Crippen LogP contribution in [-0.4, -0.2) is 22.1 Å². The maximum absolute atomic E-state index is 6.09. The molecule has 1 aromatic carbocycles. The van der Waals surface area contributed by atoms with E-state index in [4.69, 9.17) is 10.5 Å². The molecule has 5 nitrogen and oxygen atoms in total. The van der Waals surface area contributed by atoms with Gasteiger partial charge in [0.05, 0.1) is 19.3 Å². The number of ether oxygens (including phenoxy) is 1. The summed E-state index contributed by atoms with van der Waals surface area (Å²) >= 11 is 0. The van der Waals surface area contributed by atoms with Gasteiger partial charge in [-0.3, -0.25) is 4.68 Å². The third kappa shape index (κ3) is 3.12.